The number of halogens is 1. The van der Waals surface area contributed by atoms with E-state index in [4.69, 9.17) is 10.2 Å². The zero-order valence-corrected chi connectivity index (χ0v) is 9.83. The highest BCUT2D eigenvalue weighted by Gasteiger charge is 2.17. The predicted molar refractivity (Wildman–Crippen MR) is 66.4 cm³/mol. The van der Waals surface area contributed by atoms with Gasteiger partial charge in [0.25, 0.3) is 0 Å². The highest BCUT2D eigenvalue weighted by Crippen LogP contribution is 2.33. The second-order valence-corrected chi connectivity index (χ2v) is 4.11. The predicted octanol–water partition coefficient (Wildman–Crippen LogP) is 2.73. The fraction of sp³-hybridized carbons (Fsp3) is 0.154. The molecular formula is C13H12FN3O. The molecular weight excluding hydrogens is 233 g/mol. The molecule has 92 valence electrons. The van der Waals surface area contributed by atoms with E-state index in [-0.39, 0.29) is 12.4 Å². The first kappa shape index (κ1) is 11.0. The van der Waals surface area contributed by atoms with Crippen LogP contribution >= 0.6 is 0 Å². The summed E-state index contributed by atoms with van der Waals surface area (Å²) in [6.45, 7) is 2.10. The van der Waals surface area contributed by atoms with E-state index in [2.05, 4.69) is 9.97 Å². The van der Waals surface area contributed by atoms with Crippen molar-refractivity contribution in [3.8, 4) is 11.3 Å². The summed E-state index contributed by atoms with van der Waals surface area (Å²) in [6, 6.07) is 4.93. The lowest BCUT2D eigenvalue weighted by atomic mass is 10.1. The smallest absolute Gasteiger partial charge is 0.208 e. The minimum Gasteiger partial charge on any atom is -0.439 e. The van der Waals surface area contributed by atoms with Gasteiger partial charge >= 0.3 is 0 Å². The SMILES string of the molecule is Cc1[nH]c2cccc(F)c2c1-c1cnc(CN)o1. The van der Waals surface area contributed by atoms with E-state index in [1.165, 1.54) is 6.07 Å². The molecule has 0 aliphatic carbocycles. The van der Waals surface area contributed by atoms with Gasteiger partial charge in [-0.2, -0.15) is 0 Å². The first-order valence-corrected chi connectivity index (χ1v) is 5.62. The van der Waals surface area contributed by atoms with Crippen LogP contribution in [0.15, 0.2) is 28.8 Å². The van der Waals surface area contributed by atoms with Crippen molar-refractivity contribution < 1.29 is 8.81 Å². The van der Waals surface area contributed by atoms with Crippen molar-refractivity contribution >= 4 is 10.9 Å². The molecule has 0 radical (unpaired) electrons. The Morgan fingerprint density at radius 2 is 2.28 bits per heavy atom. The number of aromatic amines is 1. The first-order chi connectivity index (χ1) is 8.70. The van der Waals surface area contributed by atoms with Crippen molar-refractivity contribution in [3.05, 3.63) is 41.8 Å². The van der Waals surface area contributed by atoms with Crippen molar-refractivity contribution in [3.63, 3.8) is 0 Å². The summed E-state index contributed by atoms with van der Waals surface area (Å²) < 4.78 is 19.4. The zero-order valence-electron chi connectivity index (χ0n) is 9.83. The van der Waals surface area contributed by atoms with Crippen LogP contribution in [0.5, 0.6) is 0 Å². The quantitative estimate of drug-likeness (QED) is 0.729. The molecule has 4 nitrogen and oxygen atoms in total. The largest absolute Gasteiger partial charge is 0.439 e. The number of nitrogens with one attached hydrogen (secondary N) is 1. The third-order valence-electron chi connectivity index (χ3n) is 2.94. The molecule has 0 atom stereocenters. The van der Waals surface area contributed by atoms with E-state index in [1.54, 1.807) is 12.3 Å². The van der Waals surface area contributed by atoms with Gasteiger partial charge in [-0.1, -0.05) is 6.07 Å². The molecule has 0 saturated carbocycles. The monoisotopic (exact) mass is 245 g/mol. The van der Waals surface area contributed by atoms with Crippen LogP contribution in [-0.4, -0.2) is 9.97 Å². The molecule has 0 spiro atoms. The molecule has 0 aliphatic heterocycles. The van der Waals surface area contributed by atoms with Gasteiger partial charge < -0.3 is 15.1 Å². The van der Waals surface area contributed by atoms with E-state index >= 15 is 0 Å². The second-order valence-electron chi connectivity index (χ2n) is 4.11. The van der Waals surface area contributed by atoms with Gasteiger partial charge in [-0.3, -0.25) is 0 Å². The maximum atomic E-state index is 13.9. The molecule has 0 unspecified atom stereocenters. The van der Waals surface area contributed by atoms with Crippen molar-refractivity contribution in [2.45, 2.75) is 13.5 Å². The molecule has 1 aromatic carbocycles. The van der Waals surface area contributed by atoms with Gasteiger partial charge in [-0.25, -0.2) is 9.37 Å². The molecule has 0 saturated heterocycles. The topological polar surface area (TPSA) is 67.8 Å². The summed E-state index contributed by atoms with van der Waals surface area (Å²) in [5.74, 6) is 0.692. The van der Waals surface area contributed by atoms with E-state index in [0.29, 0.717) is 22.6 Å². The number of fused-ring (bicyclic) bond motifs is 1. The summed E-state index contributed by atoms with van der Waals surface area (Å²) in [5.41, 5.74) is 7.75. The average molecular weight is 245 g/mol. The lowest BCUT2D eigenvalue weighted by Crippen LogP contribution is -1.94. The fourth-order valence-electron chi connectivity index (χ4n) is 2.16. The van der Waals surface area contributed by atoms with Crippen molar-refractivity contribution in [1.29, 1.82) is 0 Å². The number of rotatable bonds is 2. The number of hydrogen-bond donors (Lipinski definition) is 2. The number of nitrogens with two attached hydrogens (primary N) is 1. The standard InChI is InChI=1S/C13H12FN3O/c1-7-12(10-6-16-11(5-15)18-10)13-8(14)3-2-4-9(13)17-7/h2-4,6,17H,5,15H2,1H3. The summed E-state index contributed by atoms with van der Waals surface area (Å²) in [4.78, 5) is 7.17. The van der Waals surface area contributed by atoms with Crippen LogP contribution in [0.1, 0.15) is 11.6 Å². The van der Waals surface area contributed by atoms with Crippen LogP contribution in [0.2, 0.25) is 0 Å². The van der Waals surface area contributed by atoms with Gasteiger partial charge in [0, 0.05) is 16.6 Å². The Bertz CT molecular complexity index is 714. The highest BCUT2D eigenvalue weighted by molar-refractivity contribution is 5.96. The van der Waals surface area contributed by atoms with Gasteiger partial charge in [0.05, 0.1) is 18.3 Å². The molecule has 0 fully saturated rings. The Hall–Kier alpha value is -2.14. The Kier molecular flexibility index (Phi) is 2.41. The molecule has 2 aromatic heterocycles. The Labute approximate surface area is 103 Å². The summed E-state index contributed by atoms with van der Waals surface area (Å²) in [6.07, 6.45) is 1.57. The van der Waals surface area contributed by atoms with Gasteiger partial charge in [0.15, 0.2) is 5.76 Å². The highest BCUT2D eigenvalue weighted by atomic mass is 19.1. The van der Waals surface area contributed by atoms with Crippen LogP contribution in [0.4, 0.5) is 4.39 Å². The van der Waals surface area contributed by atoms with E-state index < -0.39 is 0 Å². The fourth-order valence-corrected chi connectivity index (χ4v) is 2.16. The average Bonchev–Trinajstić information content (AvgIpc) is 2.92. The number of aryl methyl sites for hydroxylation is 1. The van der Waals surface area contributed by atoms with Gasteiger partial charge in [0.2, 0.25) is 5.89 Å². The Balaban J connectivity index is 2.30. The third-order valence-corrected chi connectivity index (χ3v) is 2.94. The Morgan fingerprint density at radius 3 is 3.00 bits per heavy atom. The lowest BCUT2D eigenvalue weighted by Gasteiger charge is -1.97. The molecule has 5 heteroatoms. The van der Waals surface area contributed by atoms with Crippen LogP contribution in [0.3, 0.4) is 0 Å². The number of hydrogen-bond acceptors (Lipinski definition) is 3. The minimum absolute atomic E-state index is 0.226. The number of H-pyrrole nitrogens is 1. The van der Waals surface area contributed by atoms with Crippen LogP contribution < -0.4 is 5.73 Å². The maximum Gasteiger partial charge on any atom is 0.208 e. The number of nitrogens with zero attached hydrogens (tertiary/aromatic N) is 1. The summed E-state index contributed by atoms with van der Waals surface area (Å²) >= 11 is 0. The second kappa shape index (κ2) is 3.96. The van der Waals surface area contributed by atoms with Crippen LogP contribution in [0.25, 0.3) is 22.2 Å². The number of benzene rings is 1. The molecule has 18 heavy (non-hydrogen) atoms. The number of aromatic nitrogens is 2. The summed E-state index contributed by atoms with van der Waals surface area (Å²) in [5, 5.41) is 0.523. The molecule has 3 aromatic rings. The molecule has 0 amide bonds. The minimum atomic E-state index is -0.280. The van der Waals surface area contributed by atoms with Crippen molar-refractivity contribution in [1.82, 2.24) is 9.97 Å². The molecule has 0 bridgehead atoms. The molecule has 0 aliphatic rings. The van der Waals surface area contributed by atoms with Gasteiger partial charge in [-0.05, 0) is 19.1 Å². The maximum absolute atomic E-state index is 13.9. The van der Waals surface area contributed by atoms with E-state index in [9.17, 15) is 4.39 Å². The lowest BCUT2D eigenvalue weighted by molar-refractivity contribution is 0.509. The third kappa shape index (κ3) is 1.52. The van der Waals surface area contributed by atoms with E-state index in [1.807, 2.05) is 13.0 Å². The van der Waals surface area contributed by atoms with Crippen LogP contribution in [0, 0.1) is 12.7 Å². The van der Waals surface area contributed by atoms with Gasteiger partial charge in [-0.15, -0.1) is 0 Å². The zero-order chi connectivity index (χ0) is 12.7. The molecule has 3 N–H and O–H groups in total. The summed E-state index contributed by atoms with van der Waals surface area (Å²) in [7, 11) is 0. The molecule has 3 rings (SSSR count). The van der Waals surface area contributed by atoms with E-state index in [0.717, 1.165) is 11.2 Å². The first-order valence-electron chi connectivity index (χ1n) is 5.62. The van der Waals surface area contributed by atoms with Crippen LogP contribution in [-0.2, 0) is 6.54 Å². The Morgan fingerprint density at radius 1 is 1.44 bits per heavy atom. The normalized spacial score (nSPS) is 11.3. The van der Waals surface area contributed by atoms with Gasteiger partial charge in [0.1, 0.15) is 5.82 Å². The van der Waals surface area contributed by atoms with Crippen molar-refractivity contribution in [2.75, 3.05) is 0 Å². The molecule has 2 heterocycles. The number of oxazole rings is 1. The van der Waals surface area contributed by atoms with Crippen molar-refractivity contribution in [2.24, 2.45) is 5.73 Å².